The molecule has 0 atom stereocenters. The fraction of sp³-hybridized carbons (Fsp3) is 0.250. The molecule has 3 heteroatoms. The van der Waals surface area contributed by atoms with E-state index in [4.69, 9.17) is 4.74 Å². The van der Waals surface area contributed by atoms with Gasteiger partial charge in [0.2, 0.25) is 0 Å². The number of carbonyl (C=O) groups is 1. The normalized spacial score (nSPS) is 13.5. The summed E-state index contributed by atoms with van der Waals surface area (Å²) in [7, 11) is 1.40. The zero-order valence-electron chi connectivity index (χ0n) is 8.69. The number of hydrogen-bond donors (Lipinski definition) is 0. The van der Waals surface area contributed by atoms with E-state index in [9.17, 15) is 4.79 Å². The molecule has 1 heterocycles. The summed E-state index contributed by atoms with van der Waals surface area (Å²) in [6, 6.07) is 6.02. The molecule has 0 bridgehead atoms. The van der Waals surface area contributed by atoms with Gasteiger partial charge >= 0.3 is 6.09 Å². The second-order valence-electron chi connectivity index (χ2n) is 3.52. The van der Waals surface area contributed by atoms with Gasteiger partial charge < -0.3 is 4.74 Å². The molecule has 0 saturated heterocycles. The van der Waals surface area contributed by atoms with E-state index in [1.807, 2.05) is 24.3 Å². The molecule has 3 nitrogen and oxygen atoms in total. The third kappa shape index (κ3) is 1.61. The molecule has 1 aliphatic heterocycles. The second kappa shape index (κ2) is 3.77. The number of fused-ring (bicyclic) bond motifs is 1. The van der Waals surface area contributed by atoms with Crippen LogP contribution >= 0.6 is 0 Å². The van der Waals surface area contributed by atoms with Crippen molar-refractivity contribution in [2.24, 2.45) is 0 Å². The van der Waals surface area contributed by atoms with Crippen molar-refractivity contribution in [2.75, 3.05) is 7.11 Å². The molecule has 0 fully saturated rings. The van der Waals surface area contributed by atoms with E-state index < -0.39 is 0 Å². The SMILES string of the molecule is C=Cc1cccc2c1CN(C(=O)OC)C2. The van der Waals surface area contributed by atoms with E-state index in [1.165, 1.54) is 18.2 Å². The van der Waals surface area contributed by atoms with Gasteiger partial charge in [-0.3, -0.25) is 4.90 Å². The Morgan fingerprint density at radius 2 is 2.33 bits per heavy atom. The minimum absolute atomic E-state index is 0.277. The van der Waals surface area contributed by atoms with Crippen LogP contribution in [-0.2, 0) is 17.8 Å². The minimum Gasteiger partial charge on any atom is -0.453 e. The summed E-state index contributed by atoms with van der Waals surface area (Å²) >= 11 is 0. The highest BCUT2D eigenvalue weighted by molar-refractivity contribution is 5.69. The van der Waals surface area contributed by atoms with Crippen LogP contribution in [0, 0.1) is 0 Å². The molecule has 0 spiro atoms. The van der Waals surface area contributed by atoms with Crippen LogP contribution in [0.25, 0.3) is 6.08 Å². The van der Waals surface area contributed by atoms with Crippen LogP contribution in [0.3, 0.4) is 0 Å². The van der Waals surface area contributed by atoms with Crippen LogP contribution < -0.4 is 0 Å². The standard InChI is InChI=1S/C12H13NO2/c1-3-9-5-4-6-10-7-13(8-11(9)10)12(14)15-2/h3-6H,1,7-8H2,2H3. The summed E-state index contributed by atoms with van der Waals surface area (Å²) in [5.41, 5.74) is 3.45. The Kier molecular flexibility index (Phi) is 2.46. The Labute approximate surface area is 89.0 Å². The van der Waals surface area contributed by atoms with E-state index in [1.54, 1.807) is 4.90 Å². The van der Waals surface area contributed by atoms with Gasteiger partial charge in [0.05, 0.1) is 13.7 Å². The number of nitrogens with zero attached hydrogens (tertiary/aromatic N) is 1. The van der Waals surface area contributed by atoms with Crippen LogP contribution in [0.5, 0.6) is 0 Å². The van der Waals surface area contributed by atoms with Gasteiger partial charge in [-0.15, -0.1) is 0 Å². The van der Waals surface area contributed by atoms with E-state index in [0.717, 1.165) is 5.56 Å². The maximum absolute atomic E-state index is 11.4. The summed E-state index contributed by atoms with van der Waals surface area (Å²) in [4.78, 5) is 13.0. The molecule has 1 aliphatic rings. The first kappa shape index (κ1) is 9.77. The topological polar surface area (TPSA) is 29.5 Å². The molecule has 1 aromatic rings. The molecule has 0 aromatic heterocycles. The van der Waals surface area contributed by atoms with Crippen LogP contribution in [0.4, 0.5) is 4.79 Å². The van der Waals surface area contributed by atoms with E-state index in [2.05, 4.69) is 6.58 Å². The lowest BCUT2D eigenvalue weighted by molar-refractivity contribution is 0.123. The average Bonchev–Trinajstić information content (AvgIpc) is 2.71. The van der Waals surface area contributed by atoms with Gasteiger partial charge in [0, 0.05) is 6.54 Å². The molecular weight excluding hydrogens is 190 g/mol. The Hall–Kier alpha value is -1.77. The largest absolute Gasteiger partial charge is 0.453 e. The Bertz CT molecular complexity index is 412. The van der Waals surface area contributed by atoms with Crippen molar-refractivity contribution < 1.29 is 9.53 Å². The smallest absolute Gasteiger partial charge is 0.410 e. The summed E-state index contributed by atoms with van der Waals surface area (Å²) in [6.07, 6.45) is 1.54. The molecule has 0 saturated carbocycles. The third-order valence-electron chi connectivity index (χ3n) is 2.67. The zero-order chi connectivity index (χ0) is 10.8. The van der Waals surface area contributed by atoms with Crippen molar-refractivity contribution in [2.45, 2.75) is 13.1 Å². The van der Waals surface area contributed by atoms with E-state index in [0.29, 0.717) is 13.1 Å². The van der Waals surface area contributed by atoms with Crippen LogP contribution in [-0.4, -0.2) is 18.1 Å². The number of rotatable bonds is 1. The fourth-order valence-electron chi connectivity index (χ4n) is 1.90. The van der Waals surface area contributed by atoms with Crippen LogP contribution in [0.1, 0.15) is 16.7 Å². The lowest BCUT2D eigenvalue weighted by atomic mass is 10.0. The maximum Gasteiger partial charge on any atom is 0.410 e. The fourth-order valence-corrected chi connectivity index (χ4v) is 1.90. The van der Waals surface area contributed by atoms with Crippen molar-refractivity contribution in [1.29, 1.82) is 0 Å². The number of benzene rings is 1. The highest BCUT2D eigenvalue weighted by atomic mass is 16.5. The molecule has 0 unspecified atom stereocenters. The Morgan fingerprint density at radius 1 is 1.53 bits per heavy atom. The van der Waals surface area contributed by atoms with Crippen LogP contribution in [0.2, 0.25) is 0 Å². The molecule has 15 heavy (non-hydrogen) atoms. The first-order valence-corrected chi connectivity index (χ1v) is 4.82. The second-order valence-corrected chi connectivity index (χ2v) is 3.52. The van der Waals surface area contributed by atoms with Gasteiger partial charge in [0.25, 0.3) is 0 Å². The first-order chi connectivity index (χ1) is 7.26. The molecule has 0 aliphatic carbocycles. The van der Waals surface area contributed by atoms with E-state index in [-0.39, 0.29) is 6.09 Å². The number of carbonyl (C=O) groups excluding carboxylic acids is 1. The summed E-state index contributed by atoms with van der Waals surface area (Å²) < 4.78 is 4.70. The molecule has 0 radical (unpaired) electrons. The maximum atomic E-state index is 11.4. The molecule has 1 aromatic carbocycles. The van der Waals surface area contributed by atoms with Crippen molar-refractivity contribution >= 4 is 12.2 Å². The molecule has 0 N–H and O–H groups in total. The molecule has 1 amide bonds. The number of amides is 1. The van der Waals surface area contributed by atoms with Gasteiger partial charge in [0.15, 0.2) is 0 Å². The average molecular weight is 203 g/mol. The predicted molar refractivity (Wildman–Crippen MR) is 58.2 cm³/mol. The highest BCUT2D eigenvalue weighted by Gasteiger charge is 2.24. The van der Waals surface area contributed by atoms with Crippen molar-refractivity contribution in [3.05, 3.63) is 41.5 Å². The van der Waals surface area contributed by atoms with Gasteiger partial charge in [-0.2, -0.15) is 0 Å². The Morgan fingerprint density at radius 3 is 3.00 bits per heavy atom. The highest BCUT2D eigenvalue weighted by Crippen LogP contribution is 2.26. The Balaban J connectivity index is 2.30. The first-order valence-electron chi connectivity index (χ1n) is 4.82. The van der Waals surface area contributed by atoms with Crippen molar-refractivity contribution in [1.82, 2.24) is 4.90 Å². The summed E-state index contributed by atoms with van der Waals surface area (Å²) in [5, 5.41) is 0. The molecule has 2 rings (SSSR count). The summed E-state index contributed by atoms with van der Waals surface area (Å²) in [6.45, 7) is 5.01. The number of ether oxygens (including phenoxy) is 1. The zero-order valence-corrected chi connectivity index (χ0v) is 8.69. The van der Waals surface area contributed by atoms with Crippen molar-refractivity contribution in [3.63, 3.8) is 0 Å². The van der Waals surface area contributed by atoms with Gasteiger partial charge in [-0.25, -0.2) is 4.79 Å². The lowest BCUT2D eigenvalue weighted by Gasteiger charge is -2.12. The van der Waals surface area contributed by atoms with Crippen LogP contribution in [0.15, 0.2) is 24.8 Å². The van der Waals surface area contributed by atoms with Gasteiger partial charge in [-0.05, 0) is 16.7 Å². The van der Waals surface area contributed by atoms with Gasteiger partial charge in [0.1, 0.15) is 0 Å². The van der Waals surface area contributed by atoms with Gasteiger partial charge in [-0.1, -0.05) is 30.9 Å². The van der Waals surface area contributed by atoms with E-state index >= 15 is 0 Å². The quantitative estimate of drug-likeness (QED) is 0.701. The molecule has 78 valence electrons. The third-order valence-corrected chi connectivity index (χ3v) is 2.67. The number of methoxy groups -OCH3 is 1. The predicted octanol–water partition coefficient (Wildman–Crippen LogP) is 2.41. The minimum atomic E-state index is -0.277. The summed E-state index contributed by atoms with van der Waals surface area (Å²) in [5.74, 6) is 0. The lowest BCUT2D eigenvalue weighted by Crippen LogP contribution is -2.24. The monoisotopic (exact) mass is 203 g/mol. The molecular formula is C12H13NO2. The number of hydrogen-bond acceptors (Lipinski definition) is 2. The van der Waals surface area contributed by atoms with Crippen molar-refractivity contribution in [3.8, 4) is 0 Å².